The van der Waals surface area contributed by atoms with Gasteiger partial charge in [-0.25, -0.2) is 0 Å². The van der Waals surface area contributed by atoms with Crippen LogP contribution in [0.5, 0.6) is 0 Å². The van der Waals surface area contributed by atoms with Gasteiger partial charge < -0.3 is 9.47 Å². The SMILES string of the molecule is CC(C)(C)CCC(=O)OC(C)(C)CCOC(C)(C)c1ccc2ccccc2c1. The number of ether oxygens (including phenoxy) is 2. The molecule has 0 atom stereocenters. The van der Waals surface area contributed by atoms with E-state index >= 15 is 0 Å². The van der Waals surface area contributed by atoms with Crippen LogP contribution >= 0.6 is 0 Å². The van der Waals surface area contributed by atoms with Gasteiger partial charge >= 0.3 is 5.97 Å². The van der Waals surface area contributed by atoms with Crippen molar-refractivity contribution < 1.29 is 14.3 Å². The molecule has 2 aromatic carbocycles. The summed E-state index contributed by atoms with van der Waals surface area (Å²) in [7, 11) is 0. The van der Waals surface area contributed by atoms with Gasteiger partial charge in [-0.05, 0) is 61.9 Å². The Kier molecular flexibility index (Phi) is 6.93. The molecule has 0 aliphatic heterocycles. The van der Waals surface area contributed by atoms with Gasteiger partial charge in [0.2, 0.25) is 0 Å². The number of fused-ring (bicyclic) bond motifs is 1. The number of hydrogen-bond donors (Lipinski definition) is 0. The van der Waals surface area contributed by atoms with Crippen molar-refractivity contribution in [2.45, 2.75) is 78.9 Å². The first kappa shape index (κ1) is 22.4. The highest BCUT2D eigenvalue weighted by Crippen LogP contribution is 2.29. The molecule has 3 nitrogen and oxygen atoms in total. The van der Waals surface area contributed by atoms with Crippen molar-refractivity contribution in [3.8, 4) is 0 Å². The molecular weight excluding hydrogens is 348 g/mol. The Bertz CT molecular complexity index is 797. The molecule has 2 rings (SSSR count). The number of benzene rings is 2. The first-order valence-electron chi connectivity index (χ1n) is 10.2. The summed E-state index contributed by atoms with van der Waals surface area (Å²) in [6.45, 7) is 15.0. The van der Waals surface area contributed by atoms with Crippen molar-refractivity contribution in [2.75, 3.05) is 6.61 Å². The molecule has 0 aromatic heterocycles. The predicted octanol–water partition coefficient (Wildman–Crippen LogP) is 6.63. The van der Waals surface area contributed by atoms with Crippen molar-refractivity contribution in [3.05, 3.63) is 48.0 Å². The summed E-state index contributed by atoms with van der Waals surface area (Å²) in [6, 6.07) is 14.8. The molecular formula is C25H36O3. The molecule has 0 radical (unpaired) electrons. The van der Waals surface area contributed by atoms with Crippen LogP contribution in [0.1, 0.15) is 73.3 Å². The molecule has 0 bridgehead atoms. The lowest BCUT2D eigenvalue weighted by atomic mass is 9.90. The van der Waals surface area contributed by atoms with Gasteiger partial charge in [-0.15, -0.1) is 0 Å². The number of carbonyl (C=O) groups is 1. The van der Waals surface area contributed by atoms with Crippen LogP contribution in [0.25, 0.3) is 10.8 Å². The highest BCUT2D eigenvalue weighted by atomic mass is 16.6. The summed E-state index contributed by atoms with van der Waals surface area (Å²) in [5.41, 5.74) is 0.340. The van der Waals surface area contributed by atoms with E-state index < -0.39 is 11.2 Å². The van der Waals surface area contributed by atoms with Crippen LogP contribution in [0, 0.1) is 5.41 Å². The van der Waals surface area contributed by atoms with Gasteiger partial charge in [0.25, 0.3) is 0 Å². The maximum Gasteiger partial charge on any atom is 0.306 e. The fourth-order valence-corrected chi connectivity index (χ4v) is 3.09. The third kappa shape index (κ3) is 6.94. The van der Waals surface area contributed by atoms with Crippen LogP contribution < -0.4 is 0 Å². The summed E-state index contributed by atoms with van der Waals surface area (Å²) in [6.07, 6.45) is 1.94. The minimum absolute atomic E-state index is 0.131. The first-order valence-corrected chi connectivity index (χ1v) is 10.2. The normalized spacial score (nSPS) is 13.0. The summed E-state index contributed by atoms with van der Waals surface area (Å²) in [4.78, 5) is 12.1. The zero-order chi connectivity index (χ0) is 21.0. The molecule has 0 aliphatic carbocycles. The molecule has 0 heterocycles. The van der Waals surface area contributed by atoms with E-state index in [1.54, 1.807) is 0 Å². The minimum atomic E-state index is -0.533. The Morgan fingerprint density at radius 3 is 2.14 bits per heavy atom. The van der Waals surface area contributed by atoms with Gasteiger partial charge in [0, 0.05) is 12.8 Å². The molecule has 0 amide bonds. The molecule has 0 spiro atoms. The Morgan fingerprint density at radius 2 is 1.50 bits per heavy atom. The average Bonchev–Trinajstić information content (AvgIpc) is 2.58. The second kappa shape index (κ2) is 8.65. The molecule has 0 saturated heterocycles. The molecule has 0 N–H and O–H groups in total. The number of carbonyl (C=O) groups excluding carboxylic acids is 1. The van der Waals surface area contributed by atoms with Crippen LogP contribution in [0.15, 0.2) is 42.5 Å². The summed E-state index contributed by atoms with van der Waals surface area (Å²) < 4.78 is 11.9. The van der Waals surface area contributed by atoms with E-state index in [1.807, 2.05) is 13.8 Å². The lowest BCUT2D eigenvalue weighted by Gasteiger charge is -2.30. The lowest BCUT2D eigenvalue weighted by Crippen LogP contribution is -2.32. The summed E-state index contributed by atoms with van der Waals surface area (Å²) >= 11 is 0. The van der Waals surface area contributed by atoms with Crippen LogP contribution in [0.2, 0.25) is 0 Å². The van der Waals surface area contributed by atoms with Crippen molar-refractivity contribution >= 4 is 16.7 Å². The standard InChI is InChI=1S/C25H36O3/c1-23(2,3)15-14-22(26)28-24(4,5)16-17-27-25(6,7)21-13-12-19-10-8-9-11-20(19)18-21/h8-13,18H,14-17H2,1-7H3. The molecule has 0 fully saturated rings. The molecule has 2 aromatic rings. The molecule has 0 saturated carbocycles. The van der Waals surface area contributed by atoms with Crippen LogP contribution in [0.4, 0.5) is 0 Å². The Morgan fingerprint density at radius 1 is 0.857 bits per heavy atom. The Balaban J connectivity index is 1.89. The maximum atomic E-state index is 12.1. The van der Waals surface area contributed by atoms with E-state index in [0.29, 0.717) is 19.4 Å². The van der Waals surface area contributed by atoms with Gasteiger partial charge in [0.15, 0.2) is 0 Å². The number of rotatable bonds is 8. The van der Waals surface area contributed by atoms with Gasteiger partial charge in [-0.2, -0.15) is 0 Å². The van der Waals surface area contributed by atoms with Gasteiger partial charge in [0.05, 0.1) is 12.2 Å². The summed E-state index contributed by atoms with van der Waals surface area (Å²) in [5.74, 6) is -0.131. The quantitative estimate of drug-likeness (QED) is 0.479. The average molecular weight is 385 g/mol. The Hall–Kier alpha value is -1.87. The lowest BCUT2D eigenvalue weighted by molar-refractivity contribution is -0.159. The third-order valence-corrected chi connectivity index (χ3v) is 5.08. The largest absolute Gasteiger partial charge is 0.460 e. The first-order chi connectivity index (χ1) is 12.9. The van der Waals surface area contributed by atoms with E-state index in [4.69, 9.17) is 9.47 Å². The zero-order valence-corrected chi connectivity index (χ0v) is 18.6. The highest BCUT2D eigenvalue weighted by molar-refractivity contribution is 5.83. The molecule has 0 aliphatic rings. The fraction of sp³-hybridized carbons (Fsp3) is 0.560. The van der Waals surface area contributed by atoms with E-state index in [1.165, 1.54) is 10.8 Å². The highest BCUT2D eigenvalue weighted by Gasteiger charge is 2.27. The Labute approximate surface area is 170 Å². The van der Waals surface area contributed by atoms with Gasteiger partial charge in [0.1, 0.15) is 5.60 Å². The second-order valence-corrected chi connectivity index (χ2v) is 9.97. The fourth-order valence-electron chi connectivity index (χ4n) is 3.09. The molecule has 28 heavy (non-hydrogen) atoms. The molecule has 3 heteroatoms. The van der Waals surface area contributed by atoms with E-state index in [2.05, 4.69) is 77.1 Å². The van der Waals surface area contributed by atoms with E-state index in [9.17, 15) is 4.79 Å². The van der Waals surface area contributed by atoms with E-state index in [-0.39, 0.29) is 11.4 Å². The van der Waals surface area contributed by atoms with Crippen molar-refractivity contribution in [1.29, 1.82) is 0 Å². The van der Waals surface area contributed by atoms with Gasteiger partial charge in [-0.3, -0.25) is 4.79 Å². The molecule has 0 unspecified atom stereocenters. The van der Waals surface area contributed by atoms with Crippen molar-refractivity contribution in [2.24, 2.45) is 5.41 Å². The zero-order valence-electron chi connectivity index (χ0n) is 18.6. The second-order valence-electron chi connectivity index (χ2n) is 9.97. The minimum Gasteiger partial charge on any atom is -0.460 e. The predicted molar refractivity (Wildman–Crippen MR) is 116 cm³/mol. The third-order valence-electron chi connectivity index (χ3n) is 5.08. The van der Waals surface area contributed by atoms with Crippen LogP contribution in [-0.2, 0) is 19.9 Å². The number of esters is 1. The maximum absolute atomic E-state index is 12.1. The number of hydrogen-bond acceptors (Lipinski definition) is 3. The topological polar surface area (TPSA) is 35.5 Å². The summed E-state index contributed by atoms with van der Waals surface area (Å²) in [5, 5.41) is 2.44. The van der Waals surface area contributed by atoms with Crippen LogP contribution in [-0.4, -0.2) is 18.2 Å². The molecule has 154 valence electrons. The monoisotopic (exact) mass is 384 g/mol. The smallest absolute Gasteiger partial charge is 0.306 e. The van der Waals surface area contributed by atoms with Crippen molar-refractivity contribution in [3.63, 3.8) is 0 Å². The van der Waals surface area contributed by atoms with Gasteiger partial charge in [-0.1, -0.05) is 57.2 Å². The van der Waals surface area contributed by atoms with Crippen LogP contribution in [0.3, 0.4) is 0 Å². The van der Waals surface area contributed by atoms with E-state index in [0.717, 1.165) is 12.0 Å². The van der Waals surface area contributed by atoms with Crippen molar-refractivity contribution in [1.82, 2.24) is 0 Å².